The minimum Gasteiger partial charge on any atom is -0.469 e. The lowest BCUT2D eigenvalue weighted by atomic mass is 9.68. The Labute approximate surface area is 441 Å². The molecule has 0 spiro atoms. The van der Waals surface area contributed by atoms with E-state index in [-0.39, 0.29) is 54.5 Å². The molecule has 14 nitrogen and oxygen atoms in total. The molecule has 412 valence electrons. The predicted molar refractivity (Wildman–Crippen MR) is 287 cm³/mol. The average Bonchev–Trinajstić information content (AvgIpc) is 4.18. The normalized spacial score (nSPS) is 33.0. The van der Waals surface area contributed by atoms with Crippen LogP contribution in [0.3, 0.4) is 0 Å². The molecule has 0 aromatic carbocycles. The zero-order valence-electron chi connectivity index (χ0n) is 47.9. The highest BCUT2D eigenvalue weighted by molar-refractivity contribution is 6.55. The fourth-order valence-electron chi connectivity index (χ4n) is 13.2. The van der Waals surface area contributed by atoms with Gasteiger partial charge in [-0.2, -0.15) is 0 Å². The number of rotatable bonds is 14. The first kappa shape index (κ1) is 59.7. The summed E-state index contributed by atoms with van der Waals surface area (Å²) in [4.78, 5) is 53.7. The van der Waals surface area contributed by atoms with Crippen molar-refractivity contribution in [3.05, 3.63) is 23.1 Å². The molecular weight excluding hydrogens is 924 g/mol. The van der Waals surface area contributed by atoms with E-state index in [1.165, 1.54) is 70.8 Å². The Morgan fingerprint density at radius 3 is 1.33 bits per heavy atom. The fourth-order valence-corrected chi connectivity index (χ4v) is 13.2. The van der Waals surface area contributed by atoms with Crippen molar-refractivity contribution in [3.63, 3.8) is 0 Å². The number of hydrogen-bond donors (Lipinski definition) is 0. The molecule has 6 fully saturated rings. The Morgan fingerprint density at radius 1 is 0.548 bits per heavy atom. The molecule has 0 aromatic heterocycles. The van der Waals surface area contributed by atoms with Crippen molar-refractivity contribution in [2.75, 3.05) is 41.0 Å². The number of carbonyl (C=O) groups excluding carboxylic acids is 4. The van der Waals surface area contributed by atoms with Crippen LogP contribution < -0.4 is 0 Å². The number of carbonyl (C=O) groups is 4. The Hall–Kier alpha value is -2.59. The molecule has 5 aliphatic heterocycles. The number of hydrogen-bond acceptors (Lipinski definition) is 14. The summed E-state index contributed by atoms with van der Waals surface area (Å²) in [5, 5.41) is 0. The first-order chi connectivity index (χ1) is 34.4. The quantitative estimate of drug-likeness (QED) is 0.0926. The van der Waals surface area contributed by atoms with Crippen LogP contribution in [-0.4, -0.2) is 152 Å². The molecule has 8 aliphatic rings. The van der Waals surface area contributed by atoms with Crippen molar-refractivity contribution in [2.45, 2.75) is 257 Å². The second-order valence-electron chi connectivity index (χ2n) is 24.9. The number of likely N-dealkylation sites (tertiary alicyclic amines) is 3. The molecule has 0 bridgehead atoms. The van der Waals surface area contributed by atoms with Gasteiger partial charge in [-0.3, -0.25) is 33.9 Å². The molecule has 6 unspecified atom stereocenters. The number of ketones is 1. The molecule has 0 radical (unpaired) electrons. The van der Waals surface area contributed by atoms with Crippen molar-refractivity contribution in [2.24, 2.45) is 17.8 Å². The van der Waals surface area contributed by atoms with E-state index in [4.69, 9.17) is 32.8 Å². The monoisotopic (exact) mass is 1020 g/mol. The van der Waals surface area contributed by atoms with Crippen molar-refractivity contribution < 1.29 is 52.0 Å². The maximum absolute atomic E-state index is 11.5. The number of esters is 3. The van der Waals surface area contributed by atoms with Crippen LogP contribution in [-0.2, 0) is 52.0 Å². The summed E-state index contributed by atoms with van der Waals surface area (Å²) in [5.41, 5.74) is 1.45. The van der Waals surface area contributed by atoms with Crippen LogP contribution in [0.25, 0.3) is 0 Å². The Bertz CT molecular complexity index is 1870. The van der Waals surface area contributed by atoms with Crippen LogP contribution >= 0.6 is 0 Å². The average molecular weight is 1020 g/mol. The van der Waals surface area contributed by atoms with Crippen LogP contribution in [0.2, 0.25) is 0 Å². The summed E-state index contributed by atoms with van der Waals surface area (Å²) in [6.45, 7) is 27.1. The van der Waals surface area contributed by atoms with Gasteiger partial charge in [0.1, 0.15) is 5.78 Å². The molecule has 5 heterocycles. The van der Waals surface area contributed by atoms with E-state index in [0.29, 0.717) is 79.1 Å². The zero-order valence-corrected chi connectivity index (χ0v) is 47.9. The molecule has 0 aromatic rings. The largest absolute Gasteiger partial charge is 0.490 e. The predicted octanol–water partition coefficient (Wildman–Crippen LogP) is 9.68. The molecule has 0 amide bonds. The second-order valence-corrected chi connectivity index (χ2v) is 24.9. The molecule has 0 N–H and O–H groups in total. The summed E-state index contributed by atoms with van der Waals surface area (Å²) >= 11 is 0. The third-order valence-electron chi connectivity index (χ3n) is 19.0. The Balaban J connectivity index is 0.000000182. The smallest absolute Gasteiger partial charge is 0.469 e. The van der Waals surface area contributed by atoms with E-state index in [2.05, 4.69) is 103 Å². The van der Waals surface area contributed by atoms with Gasteiger partial charge in [-0.1, -0.05) is 32.9 Å². The molecule has 5 saturated heterocycles. The molecule has 73 heavy (non-hydrogen) atoms. The van der Waals surface area contributed by atoms with Gasteiger partial charge in [-0.25, -0.2) is 0 Å². The first-order valence-electron chi connectivity index (χ1n) is 28.5. The lowest BCUT2D eigenvalue weighted by Gasteiger charge is -2.39. The standard InChI is InChI=1S/2C21H36BNO4.C15H25NO3/c2*1-15-14-16(22-26-20(2,3)21(4,5)27-22)9-11-18(15)23-13-7-8-17(23)10-12-19(24)25-6;1-11-10-13(17)6-7-14(11)16-9-3-4-12(16)5-8-15(18)19-2/h14-15,17-18H,7-13H2,1-6H3;9,15,17-18H,7-8,10-14H2,1-6H3;11-12,14H,3-10H2,1-2H3/t2*15?,17-,18?;11?,12-,14?/m000/s1. The van der Waals surface area contributed by atoms with E-state index in [0.717, 1.165) is 83.8 Å². The van der Waals surface area contributed by atoms with Gasteiger partial charge >= 0.3 is 32.1 Å². The Kier molecular flexibility index (Phi) is 21.0. The molecule has 16 heteroatoms. The lowest BCUT2D eigenvalue weighted by Crippen LogP contribution is -2.45. The highest BCUT2D eigenvalue weighted by Gasteiger charge is 2.54. The summed E-state index contributed by atoms with van der Waals surface area (Å²) in [6, 6.07) is 3.12. The van der Waals surface area contributed by atoms with Gasteiger partial charge in [0.05, 0.1) is 43.7 Å². The fraction of sp³-hybridized carbons (Fsp3) is 0.860. The molecule has 9 atom stereocenters. The van der Waals surface area contributed by atoms with Gasteiger partial charge in [0.2, 0.25) is 0 Å². The maximum Gasteiger partial charge on any atom is 0.490 e. The van der Waals surface area contributed by atoms with Crippen LogP contribution in [0.4, 0.5) is 0 Å². The highest BCUT2D eigenvalue weighted by Crippen LogP contribution is 2.44. The number of nitrogens with zero attached hydrogens (tertiary/aromatic N) is 3. The first-order valence-corrected chi connectivity index (χ1v) is 28.5. The van der Waals surface area contributed by atoms with Gasteiger partial charge in [-0.15, -0.1) is 0 Å². The van der Waals surface area contributed by atoms with Crippen LogP contribution in [0, 0.1) is 17.8 Å². The van der Waals surface area contributed by atoms with Crippen molar-refractivity contribution in [1.29, 1.82) is 0 Å². The van der Waals surface area contributed by atoms with Gasteiger partial charge in [0.25, 0.3) is 0 Å². The van der Waals surface area contributed by atoms with Gasteiger partial charge in [0.15, 0.2) is 0 Å². The second kappa shape index (κ2) is 25.7. The van der Waals surface area contributed by atoms with E-state index in [9.17, 15) is 19.2 Å². The summed E-state index contributed by atoms with van der Waals surface area (Å²) in [7, 11) is 3.96. The highest BCUT2D eigenvalue weighted by atomic mass is 16.7. The number of methoxy groups -OCH3 is 3. The number of ether oxygens (including phenoxy) is 3. The molecule has 1 saturated carbocycles. The SMILES string of the molecule is COC(=O)CC[C@@H]1CCCN1C1CC=C(B2OC(C)(C)C(C)(C)O2)CC1C.COC(=O)CC[C@@H]1CCCN1C1CCC(=O)CC1C.COC(=O)CC[C@@H]1CCCN1C1CCC(B2OC(C)(C)C(C)(C)O2)=CC1C. The molecule has 8 rings (SSSR count). The van der Waals surface area contributed by atoms with E-state index in [1.807, 2.05) is 0 Å². The van der Waals surface area contributed by atoms with Crippen LogP contribution in [0.5, 0.6) is 0 Å². The van der Waals surface area contributed by atoms with Gasteiger partial charge in [0, 0.05) is 68.4 Å². The minimum atomic E-state index is -0.285. The third-order valence-corrected chi connectivity index (χ3v) is 19.0. The topological polar surface area (TPSA) is 143 Å². The zero-order chi connectivity index (χ0) is 53.5. The summed E-state index contributed by atoms with van der Waals surface area (Å²) in [5.74, 6) is 1.59. The maximum atomic E-state index is 11.5. The van der Waals surface area contributed by atoms with Gasteiger partial charge in [-0.05, 0) is 194 Å². The van der Waals surface area contributed by atoms with Crippen molar-refractivity contribution in [1.82, 2.24) is 14.7 Å². The van der Waals surface area contributed by atoms with Crippen molar-refractivity contribution in [3.8, 4) is 0 Å². The summed E-state index contributed by atoms with van der Waals surface area (Å²) in [6.07, 6.45) is 22.9. The van der Waals surface area contributed by atoms with E-state index in [1.54, 1.807) is 0 Å². The lowest BCUT2D eigenvalue weighted by molar-refractivity contribution is -0.141. The minimum absolute atomic E-state index is 0.0958. The number of allylic oxidation sites excluding steroid dienone is 2. The van der Waals surface area contributed by atoms with Gasteiger partial charge < -0.3 is 32.8 Å². The summed E-state index contributed by atoms with van der Waals surface area (Å²) < 4.78 is 39.4. The van der Waals surface area contributed by atoms with Crippen molar-refractivity contribution >= 4 is 37.9 Å². The van der Waals surface area contributed by atoms with Crippen LogP contribution in [0.1, 0.15) is 198 Å². The Morgan fingerprint density at radius 2 is 0.932 bits per heavy atom. The van der Waals surface area contributed by atoms with E-state index >= 15 is 0 Å². The third kappa shape index (κ3) is 14.9. The van der Waals surface area contributed by atoms with Crippen LogP contribution in [0.15, 0.2) is 23.1 Å². The van der Waals surface area contributed by atoms with E-state index < -0.39 is 0 Å². The molecular formula is C57H97B2N3O11. The number of Topliss-reactive ketones (excluding diaryl/α,β-unsaturated/α-hetero) is 1. The molecule has 3 aliphatic carbocycles.